The number of anilines is 1. The fraction of sp³-hybridized carbons (Fsp3) is 0.556. The molecule has 3 N–H and O–H groups in total. The van der Waals surface area contributed by atoms with Crippen molar-refractivity contribution < 1.29 is 18.0 Å². The number of aromatic nitrogens is 2. The normalized spacial score (nSPS) is 11.6. The third-order valence-electron chi connectivity index (χ3n) is 2.27. The van der Waals surface area contributed by atoms with Gasteiger partial charge in [0.15, 0.2) is 5.82 Å². The lowest BCUT2D eigenvalue weighted by atomic mass is 10.2. The van der Waals surface area contributed by atoms with E-state index < -0.39 is 25.0 Å². The van der Waals surface area contributed by atoms with Crippen molar-refractivity contribution in [2.75, 3.05) is 19.3 Å². The zero-order chi connectivity index (χ0) is 13.2. The molecule has 5 nitrogen and oxygen atoms in total. The maximum Gasteiger partial charge on any atom is 0.390 e. The molecule has 1 heterocycles. The molecule has 0 aliphatic rings. The van der Waals surface area contributed by atoms with Gasteiger partial charge >= 0.3 is 6.18 Å². The van der Waals surface area contributed by atoms with Gasteiger partial charge in [0, 0.05) is 19.3 Å². The van der Waals surface area contributed by atoms with Crippen LogP contribution in [0.15, 0.2) is 0 Å². The van der Waals surface area contributed by atoms with Gasteiger partial charge in [-0.05, 0) is 6.92 Å². The zero-order valence-corrected chi connectivity index (χ0v) is 9.43. The highest BCUT2D eigenvalue weighted by Crippen LogP contribution is 2.21. The van der Waals surface area contributed by atoms with Crippen LogP contribution in [0.2, 0.25) is 0 Å². The van der Waals surface area contributed by atoms with E-state index in [0.29, 0.717) is 5.69 Å². The molecule has 0 unspecified atom stereocenters. The number of H-pyrrole nitrogens is 1. The number of halogens is 3. The van der Waals surface area contributed by atoms with Crippen LogP contribution in [-0.4, -0.2) is 40.8 Å². The van der Waals surface area contributed by atoms with E-state index in [4.69, 9.17) is 5.73 Å². The minimum absolute atomic E-state index is 0.00800. The van der Waals surface area contributed by atoms with Crippen molar-refractivity contribution in [3.05, 3.63) is 11.3 Å². The van der Waals surface area contributed by atoms with E-state index in [0.717, 1.165) is 4.90 Å². The Morgan fingerprint density at radius 1 is 1.53 bits per heavy atom. The Morgan fingerprint density at radius 3 is 2.53 bits per heavy atom. The van der Waals surface area contributed by atoms with Crippen LogP contribution >= 0.6 is 0 Å². The molecule has 0 saturated heterocycles. The Balaban J connectivity index is 2.71. The summed E-state index contributed by atoms with van der Waals surface area (Å²) in [7, 11) is 1.29. The number of aromatic amines is 1. The molecule has 0 spiro atoms. The fourth-order valence-corrected chi connectivity index (χ4v) is 1.30. The summed E-state index contributed by atoms with van der Waals surface area (Å²) in [4.78, 5) is 12.8. The minimum atomic E-state index is -4.29. The van der Waals surface area contributed by atoms with Crippen LogP contribution in [0, 0.1) is 6.92 Å². The molecule has 17 heavy (non-hydrogen) atoms. The topological polar surface area (TPSA) is 75.0 Å². The molecule has 1 aromatic rings. The van der Waals surface area contributed by atoms with Gasteiger partial charge in [-0.3, -0.25) is 9.89 Å². The number of nitrogens with two attached hydrogens (primary N) is 1. The Bertz CT molecular complexity index is 393. The number of alkyl halides is 3. The summed E-state index contributed by atoms with van der Waals surface area (Å²) in [6, 6.07) is 0. The highest BCUT2D eigenvalue weighted by molar-refractivity contribution is 5.99. The van der Waals surface area contributed by atoms with Crippen LogP contribution in [0.25, 0.3) is 0 Å². The summed E-state index contributed by atoms with van der Waals surface area (Å²) in [6.45, 7) is 1.17. The smallest absolute Gasteiger partial charge is 0.382 e. The Morgan fingerprint density at radius 2 is 2.12 bits per heavy atom. The number of rotatable bonds is 3. The molecular formula is C9H13F3N4O. The van der Waals surface area contributed by atoms with Gasteiger partial charge in [-0.2, -0.15) is 18.3 Å². The number of aryl methyl sites for hydroxylation is 1. The molecule has 0 aromatic carbocycles. The van der Waals surface area contributed by atoms with Crippen molar-refractivity contribution in [1.82, 2.24) is 15.1 Å². The molecule has 0 fully saturated rings. The van der Waals surface area contributed by atoms with Gasteiger partial charge in [-0.25, -0.2) is 0 Å². The number of carbonyl (C=O) groups excluding carboxylic acids is 1. The molecule has 1 aromatic heterocycles. The van der Waals surface area contributed by atoms with Crippen LogP contribution < -0.4 is 5.73 Å². The average Bonchev–Trinajstić information content (AvgIpc) is 2.53. The summed E-state index contributed by atoms with van der Waals surface area (Å²) in [5, 5.41) is 6.11. The van der Waals surface area contributed by atoms with Gasteiger partial charge in [0.25, 0.3) is 5.91 Å². The second-order valence-electron chi connectivity index (χ2n) is 3.70. The molecule has 96 valence electrons. The second kappa shape index (κ2) is 4.64. The average molecular weight is 250 g/mol. The van der Waals surface area contributed by atoms with Crippen LogP contribution in [0.3, 0.4) is 0 Å². The first-order chi connectivity index (χ1) is 7.72. The van der Waals surface area contributed by atoms with E-state index in [-0.39, 0.29) is 11.4 Å². The summed E-state index contributed by atoms with van der Waals surface area (Å²) in [6.07, 6.45) is -5.34. The first kappa shape index (κ1) is 13.3. The largest absolute Gasteiger partial charge is 0.390 e. The number of nitrogens with one attached hydrogen (secondary N) is 1. The Hall–Kier alpha value is -1.73. The van der Waals surface area contributed by atoms with Crippen molar-refractivity contribution in [3.63, 3.8) is 0 Å². The van der Waals surface area contributed by atoms with Crippen molar-refractivity contribution in [1.29, 1.82) is 0 Å². The van der Waals surface area contributed by atoms with E-state index in [2.05, 4.69) is 10.2 Å². The molecule has 0 atom stereocenters. The Kier molecular flexibility index (Phi) is 3.64. The lowest BCUT2D eigenvalue weighted by Crippen LogP contribution is -2.31. The predicted octanol–water partition coefficient (Wildman–Crippen LogP) is 1.32. The number of nitrogen functional groups attached to an aromatic ring is 1. The van der Waals surface area contributed by atoms with Gasteiger partial charge in [0.05, 0.1) is 6.42 Å². The number of amides is 1. The van der Waals surface area contributed by atoms with Crippen molar-refractivity contribution in [2.24, 2.45) is 0 Å². The standard InChI is InChI=1S/C9H13F3N4O/c1-5-6(7(13)15-14-5)8(17)16(2)4-3-9(10,11)12/h3-4H2,1-2H3,(H3,13,14,15). The van der Waals surface area contributed by atoms with Gasteiger partial charge < -0.3 is 10.6 Å². The first-order valence-corrected chi connectivity index (χ1v) is 4.85. The van der Waals surface area contributed by atoms with Crippen LogP contribution in [0.4, 0.5) is 19.0 Å². The van der Waals surface area contributed by atoms with Crippen LogP contribution in [0.5, 0.6) is 0 Å². The number of nitrogens with zero attached hydrogens (tertiary/aromatic N) is 2. The molecule has 0 bridgehead atoms. The molecule has 1 amide bonds. The lowest BCUT2D eigenvalue weighted by molar-refractivity contribution is -0.136. The Labute approximate surface area is 95.8 Å². The molecule has 0 saturated carbocycles. The van der Waals surface area contributed by atoms with Crippen LogP contribution in [-0.2, 0) is 0 Å². The van der Waals surface area contributed by atoms with Crippen molar-refractivity contribution >= 4 is 11.7 Å². The van der Waals surface area contributed by atoms with Gasteiger partial charge in [-0.15, -0.1) is 0 Å². The second-order valence-corrected chi connectivity index (χ2v) is 3.70. The zero-order valence-electron chi connectivity index (χ0n) is 9.43. The summed E-state index contributed by atoms with van der Waals surface area (Å²) >= 11 is 0. The summed E-state index contributed by atoms with van der Waals surface area (Å²) < 4.78 is 36.0. The highest BCUT2D eigenvalue weighted by Gasteiger charge is 2.29. The number of hydrogen-bond donors (Lipinski definition) is 2. The number of carbonyl (C=O) groups is 1. The first-order valence-electron chi connectivity index (χ1n) is 4.85. The van der Waals surface area contributed by atoms with Gasteiger partial charge in [-0.1, -0.05) is 0 Å². The molecule has 0 aliphatic carbocycles. The summed E-state index contributed by atoms with van der Waals surface area (Å²) in [5.74, 6) is -0.579. The molecule has 0 radical (unpaired) electrons. The van der Waals surface area contributed by atoms with Gasteiger partial charge in [0.1, 0.15) is 5.56 Å². The third kappa shape index (κ3) is 3.36. The van der Waals surface area contributed by atoms with Gasteiger partial charge in [0.2, 0.25) is 0 Å². The van der Waals surface area contributed by atoms with E-state index in [1.807, 2.05) is 0 Å². The molecular weight excluding hydrogens is 237 g/mol. The van der Waals surface area contributed by atoms with E-state index >= 15 is 0 Å². The van der Waals surface area contributed by atoms with Crippen molar-refractivity contribution in [3.8, 4) is 0 Å². The third-order valence-corrected chi connectivity index (χ3v) is 2.27. The fourth-order valence-electron chi connectivity index (χ4n) is 1.30. The molecule has 0 aliphatic heterocycles. The quantitative estimate of drug-likeness (QED) is 0.849. The highest BCUT2D eigenvalue weighted by atomic mass is 19.4. The van der Waals surface area contributed by atoms with Crippen LogP contribution in [0.1, 0.15) is 22.5 Å². The molecule has 1 rings (SSSR count). The van der Waals surface area contributed by atoms with E-state index in [9.17, 15) is 18.0 Å². The maximum atomic E-state index is 12.0. The van der Waals surface area contributed by atoms with E-state index in [1.54, 1.807) is 6.92 Å². The predicted molar refractivity (Wildman–Crippen MR) is 55.4 cm³/mol. The number of hydrogen-bond acceptors (Lipinski definition) is 3. The SMILES string of the molecule is Cc1[nH]nc(N)c1C(=O)N(C)CCC(F)(F)F. The maximum absolute atomic E-state index is 12.0. The minimum Gasteiger partial charge on any atom is -0.382 e. The monoisotopic (exact) mass is 250 g/mol. The van der Waals surface area contributed by atoms with E-state index in [1.165, 1.54) is 7.05 Å². The van der Waals surface area contributed by atoms with Crippen molar-refractivity contribution in [2.45, 2.75) is 19.5 Å². The lowest BCUT2D eigenvalue weighted by Gasteiger charge is -2.18. The summed E-state index contributed by atoms with van der Waals surface area (Å²) in [5.41, 5.74) is 6.01. The molecule has 8 heteroatoms.